The molecule has 0 heterocycles. The molecule has 4 fully saturated rings. The molecule has 3 unspecified atom stereocenters. The van der Waals surface area contributed by atoms with Crippen molar-refractivity contribution in [1.82, 2.24) is 5.32 Å². The third kappa shape index (κ3) is 2.26. The van der Waals surface area contributed by atoms with E-state index in [0.29, 0.717) is 16.2 Å². The molecule has 3 atom stereocenters. The van der Waals surface area contributed by atoms with Gasteiger partial charge in [0.25, 0.3) is 0 Å². The normalized spacial score (nSPS) is 49.9. The van der Waals surface area contributed by atoms with Gasteiger partial charge in [0.1, 0.15) is 0 Å². The van der Waals surface area contributed by atoms with Crippen LogP contribution in [0.3, 0.4) is 0 Å². The molecule has 0 aliphatic heterocycles. The van der Waals surface area contributed by atoms with Crippen molar-refractivity contribution in [3.8, 4) is 0 Å². The fourth-order valence-electron chi connectivity index (χ4n) is 7.07. The van der Waals surface area contributed by atoms with Gasteiger partial charge in [0.15, 0.2) is 0 Å². The second kappa shape index (κ2) is 4.23. The van der Waals surface area contributed by atoms with Gasteiger partial charge in [-0.1, -0.05) is 27.7 Å². The molecule has 110 valence electrons. The lowest BCUT2D eigenvalue weighted by Crippen LogP contribution is -2.61. The van der Waals surface area contributed by atoms with Crippen LogP contribution in [0.5, 0.6) is 0 Å². The Hall–Kier alpha value is -0.0400. The molecule has 0 amide bonds. The largest absolute Gasteiger partial charge is 0.316 e. The molecule has 19 heavy (non-hydrogen) atoms. The Morgan fingerprint density at radius 1 is 1.00 bits per heavy atom. The highest BCUT2D eigenvalue weighted by atomic mass is 14.9. The Bertz CT molecular complexity index is 341. The molecule has 0 radical (unpaired) electrons. The van der Waals surface area contributed by atoms with E-state index in [0.717, 1.165) is 17.9 Å². The summed E-state index contributed by atoms with van der Waals surface area (Å²) in [5.74, 6) is 1.83. The van der Waals surface area contributed by atoms with Crippen LogP contribution in [0.4, 0.5) is 0 Å². The summed E-state index contributed by atoms with van der Waals surface area (Å²) in [5, 5.41) is 3.72. The molecular weight excluding hydrogens is 230 g/mol. The SMILES string of the molecule is CNC(CC(C)C)C12CC3CC(C)(CC(C)(C3)C1)C2. The Balaban J connectivity index is 1.91. The third-order valence-electron chi connectivity index (χ3n) is 6.46. The van der Waals surface area contributed by atoms with Crippen LogP contribution in [0.25, 0.3) is 0 Å². The Morgan fingerprint density at radius 3 is 2.00 bits per heavy atom. The summed E-state index contributed by atoms with van der Waals surface area (Å²) >= 11 is 0. The first-order valence-electron chi connectivity index (χ1n) is 8.46. The maximum Gasteiger partial charge on any atom is 0.0123 e. The Labute approximate surface area is 119 Å². The molecule has 1 N–H and O–H groups in total. The van der Waals surface area contributed by atoms with Crippen molar-refractivity contribution in [2.75, 3.05) is 7.05 Å². The van der Waals surface area contributed by atoms with Gasteiger partial charge in [0.2, 0.25) is 0 Å². The van der Waals surface area contributed by atoms with E-state index in [-0.39, 0.29) is 0 Å². The van der Waals surface area contributed by atoms with Crippen molar-refractivity contribution in [2.24, 2.45) is 28.1 Å². The van der Waals surface area contributed by atoms with Gasteiger partial charge in [0.05, 0.1) is 0 Å². The lowest BCUT2D eigenvalue weighted by Gasteiger charge is -2.67. The molecule has 0 saturated heterocycles. The molecule has 0 spiro atoms. The standard InChI is InChI=1S/C18H33N/c1-13(2)6-15(19-5)18-9-14-7-16(3,11-18)10-17(4,8-14)12-18/h13-15,19H,6-12H2,1-5H3. The molecule has 0 aromatic rings. The van der Waals surface area contributed by atoms with Crippen LogP contribution in [0.2, 0.25) is 0 Å². The van der Waals surface area contributed by atoms with Gasteiger partial charge < -0.3 is 5.32 Å². The van der Waals surface area contributed by atoms with Gasteiger partial charge in [-0.25, -0.2) is 0 Å². The van der Waals surface area contributed by atoms with Crippen molar-refractivity contribution < 1.29 is 0 Å². The minimum atomic E-state index is 0.613. The van der Waals surface area contributed by atoms with Crippen molar-refractivity contribution in [1.29, 1.82) is 0 Å². The lowest BCUT2D eigenvalue weighted by molar-refractivity contribution is -0.158. The van der Waals surface area contributed by atoms with Crippen molar-refractivity contribution >= 4 is 0 Å². The highest BCUT2D eigenvalue weighted by Gasteiger charge is 2.61. The number of hydrogen-bond donors (Lipinski definition) is 1. The van der Waals surface area contributed by atoms with Gasteiger partial charge in [-0.3, -0.25) is 0 Å². The predicted octanol–water partition coefficient (Wildman–Crippen LogP) is 4.62. The molecule has 4 rings (SSSR count). The minimum absolute atomic E-state index is 0.613. The summed E-state index contributed by atoms with van der Waals surface area (Å²) < 4.78 is 0. The second-order valence-corrected chi connectivity index (χ2v) is 9.46. The van der Waals surface area contributed by atoms with Crippen LogP contribution in [0.1, 0.15) is 72.6 Å². The first-order chi connectivity index (χ1) is 8.78. The van der Waals surface area contributed by atoms with Gasteiger partial charge in [-0.2, -0.15) is 0 Å². The highest BCUT2D eigenvalue weighted by molar-refractivity contribution is 5.13. The summed E-state index contributed by atoms with van der Waals surface area (Å²) in [6, 6.07) is 0.745. The maximum absolute atomic E-state index is 3.72. The van der Waals surface area contributed by atoms with E-state index < -0.39 is 0 Å². The maximum atomic E-state index is 3.72. The van der Waals surface area contributed by atoms with E-state index in [9.17, 15) is 0 Å². The van der Waals surface area contributed by atoms with Gasteiger partial charge in [-0.15, -0.1) is 0 Å². The predicted molar refractivity (Wildman–Crippen MR) is 82.1 cm³/mol. The van der Waals surface area contributed by atoms with E-state index >= 15 is 0 Å². The van der Waals surface area contributed by atoms with Crippen LogP contribution in [-0.2, 0) is 0 Å². The van der Waals surface area contributed by atoms with Crippen LogP contribution >= 0.6 is 0 Å². The molecule has 0 aromatic carbocycles. The van der Waals surface area contributed by atoms with E-state index in [1.54, 1.807) is 0 Å². The summed E-state index contributed by atoms with van der Waals surface area (Å²) in [7, 11) is 2.20. The molecule has 0 aromatic heterocycles. The Morgan fingerprint density at radius 2 is 1.58 bits per heavy atom. The van der Waals surface area contributed by atoms with Crippen LogP contribution in [0, 0.1) is 28.1 Å². The molecular formula is C18H33N. The average Bonchev–Trinajstić information content (AvgIpc) is 2.20. The smallest absolute Gasteiger partial charge is 0.0123 e. The molecule has 1 heteroatoms. The van der Waals surface area contributed by atoms with Crippen molar-refractivity contribution in [3.05, 3.63) is 0 Å². The minimum Gasteiger partial charge on any atom is -0.316 e. The third-order valence-corrected chi connectivity index (χ3v) is 6.46. The molecule has 4 aliphatic carbocycles. The highest BCUT2D eigenvalue weighted by Crippen LogP contribution is 2.70. The van der Waals surface area contributed by atoms with Crippen molar-refractivity contribution in [3.63, 3.8) is 0 Å². The topological polar surface area (TPSA) is 12.0 Å². The number of hydrogen-bond acceptors (Lipinski definition) is 1. The molecule has 4 bridgehead atoms. The quantitative estimate of drug-likeness (QED) is 0.780. The summed E-state index contributed by atoms with van der Waals surface area (Å²) in [5.41, 5.74) is 1.92. The second-order valence-electron chi connectivity index (χ2n) is 9.46. The number of rotatable bonds is 4. The molecule has 4 aliphatic rings. The van der Waals surface area contributed by atoms with E-state index in [2.05, 4.69) is 40.1 Å². The van der Waals surface area contributed by atoms with E-state index in [1.165, 1.54) is 44.9 Å². The van der Waals surface area contributed by atoms with Crippen LogP contribution < -0.4 is 5.32 Å². The fraction of sp³-hybridized carbons (Fsp3) is 1.00. The monoisotopic (exact) mass is 263 g/mol. The number of nitrogens with one attached hydrogen (secondary N) is 1. The Kier molecular flexibility index (Phi) is 3.10. The zero-order chi connectivity index (χ0) is 13.9. The fourth-order valence-corrected chi connectivity index (χ4v) is 7.07. The first-order valence-corrected chi connectivity index (χ1v) is 8.46. The van der Waals surface area contributed by atoms with Crippen LogP contribution in [-0.4, -0.2) is 13.1 Å². The molecule has 4 saturated carbocycles. The van der Waals surface area contributed by atoms with Gasteiger partial charge in [-0.05, 0) is 80.1 Å². The van der Waals surface area contributed by atoms with Crippen LogP contribution in [0.15, 0.2) is 0 Å². The average molecular weight is 263 g/mol. The summed E-state index contributed by atoms with van der Waals surface area (Å²) in [6.07, 6.45) is 10.4. The summed E-state index contributed by atoms with van der Waals surface area (Å²) in [6.45, 7) is 9.95. The van der Waals surface area contributed by atoms with Gasteiger partial charge in [0, 0.05) is 6.04 Å². The lowest BCUT2D eigenvalue weighted by atomic mass is 9.39. The summed E-state index contributed by atoms with van der Waals surface area (Å²) in [4.78, 5) is 0. The molecule has 1 nitrogen and oxygen atoms in total. The zero-order valence-electron chi connectivity index (χ0n) is 13.7. The van der Waals surface area contributed by atoms with Gasteiger partial charge >= 0.3 is 0 Å². The zero-order valence-corrected chi connectivity index (χ0v) is 13.7. The first kappa shape index (κ1) is 13.9. The van der Waals surface area contributed by atoms with E-state index in [1.807, 2.05) is 0 Å². The van der Waals surface area contributed by atoms with Crippen molar-refractivity contribution in [2.45, 2.75) is 78.7 Å². The van der Waals surface area contributed by atoms with E-state index in [4.69, 9.17) is 0 Å².